The van der Waals surface area contributed by atoms with Crippen LogP contribution in [0.1, 0.15) is 40.6 Å². The molecule has 2 aromatic heterocycles. The molecule has 4 aromatic rings. The average Bonchev–Trinajstić information content (AvgIpc) is 3.54. The fourth-order valence-corrected chi connectivity index (χ4v) is 4.28. The number of benzene rings is 2. The maximum absolute atomic E-state index is 13.6. The molecule has 5 rings (SSSR count). The molecule has 1 aliphatic rings. The first-order valence-corrected chi connectivity index (χ1v) is 10.6. The maximum atomic E-state index is 13.6. The first-order chi connectivity index (χ1) is 15.1. The van der Waals surface area contributed by atoms with Crippen molar-refractivity contribution in [1.29, 1.82) is 0 Å². The minimum absolute atomic E-state index is 0.0424. The molecule has 1 N–H and O–H groups in total. The first-order valence-electron chi connectivity index (χ1n) is 10.2. The summed E-state index contributed by atoms with van der Waals surface area (Å²) >= 11 is 6.13. The molecule has 3 heterocycles. The van der Waals surface area contributed by atoms with Crippen LogP contribution in [0.15, 0.2) is 61.1 Å². The highest BCUT2D eigenvalue weighted by Gasteiger charge is 2.34. The van der Waals surface area contributed by atoms with Gasteiger partial charge >= 0.3 is 0 Å². The second-order valence-electron chi connectivity index (χ2n) is 7.69. The monoisotopic (exact) mass is 432 g/mol. The van der Waals surface area contributed by atoms with Gasteiger partial charge in [-0.15, -0.1) is 0 Å². The number of hydrogen-bond donors (Lipinski definition) is 1. The molecule has 1 saturated heterocycles. The number of H-pyrrole nitrogens is 1. The summed E-state index contributed by atoms with van der Waals surface area (Å²) in [5.41, 5.74) is 4.12. The highest BCUT2D eigenvalue weighted by atomic mass is 35.5. The van der Waals surface area contributed by atoms with Gasteiger partial charge in [-0.2, -0.15) is 15.0 Å². The van der Waals surface area contributed by atoms with Crippen LogP contribution >= 0.6 is 11.6 Å². The van der Waals surface area contributed by atoms with Gasteiger partial charge < -0.3 is 9.88 Å². The van der Waals surface area contributed by atoms with Gasteiger partial charge in [-0.25, -0.2) is 4.98 Å². The molecule has 31 heavy (non-hydrogen) atoms. The second-order valence-corrected chi connectivity index (χ2v) is 8.12. The van der Waals surface area contributed by atoms with Crippen molar-refractivity contribution < 1.29 is 4.79 Å². The summed E-state index contributed by atoms with van der Waals surface area (Å²) in [6.07, 6.45) is 6.79. The van der Waals surface area contributed by atoms with Crippen LogP contribution in [0.2, 0.25) is 5.02 Å². The molecule has 7 nitrogen and oxygen atoms in total. The van der Waals surface area contributed by atoms with Gasteiger partial charge in [0.15, 0.2) is 0 Å². The number of imidazole rings is 1. The third-order valence-corrected chi connectivity index (χ3v) is 5.81. The van der Waals surface area contributed by atoms with Crippen molar-refractivity contribution in [2.75, 3.05) is 6.54 Å². The second kappa shape index (κ2) is 8.00. The van der Waals surface area contributed by atoms with Crippen LogP contribution in [0.25, 0.3) is 16.9 Å². The predicted molar refractivity (Wildman–Crippen MR) is 118 cm³/mol. The molecular formula is C23H21ClN6O. The van der Waals surface area contributed by atoms with E-state index in [-0.39, 0.29) is 11.9 Å². The quantitative estimate of drug-likeness (QED) is 0.511. The van der Waals surface area contributed by atoms with Crippen LogP contribution in [0.3, 0.4) is 0 Å². The lowest BCUT2D eigenvalue weighted by Gasteiger charge is -2.24. The van der Waals surface area contributed by atoms with Crippen molar-refractivity contribution in [1.82, 2.24) is 29.9 Å². The van der Waals surface area contributed by atoms with Gasteiger partial charge in [-0.3, -0.25) is 4.79 Å². The summed E-state index contributed by atoms with van der Waals surface area (Å²) in [4.78, 5) is 25.0. The molecule has 8 heteroatoms. The van der Waals surface area contributed by atoms with Gasteiger partial charge in [-0.1, -0.05) is 35.4 Å². The van der Waals surface area contributed by atoms with E-state index in [2.05, 4.69) is 20.2 Å². The fraction of sp³-hybridized carbons (Fsp3) is 0.217. The summed E-state index contributed by atoms with van der Waals surface area (Å²) in [7, 11) is 0. The van der Waals surface area contributed by atoms with Crippen molar-refractivity contribution in [2.24, 2.45) is 0 Å². The minimum Gasteiger partial charge on any atom is -0.340 e. The van der Waals surface area contributed by atoms with Crippen LogP contribution in [0.5, 0.6) is 0 Å². The molecule has 1 amide bonds. The standard InChI is InChI=1S/C23H21ClN6O/c1-15-7-8-20(30-26-9-10-27-30)18(12-15)23(31)29-11-3-6-21(29)22-25-14-19(28-22)16-4-2-5-17(24)13-16/h2,4-5,7-10,12-14,21H,3,6,11H2,1H3,(H,25,28). The third-order valence-electron chi connectivity index (χ3n) is 5.58. The van der Waals surface area contributed by atoms with Gasteiger partial charge in [0.25, 0.3) is 5.91 Å². The van der Waals surface area contributed by atoms with Crippen LogP contribution in [-0.2, 0) is 0 Å². The Bertz CT molecular complexity index is 1230. The zero-order valence-electron chi connectivity index (χ0n) is 17.0. The lowest BCUT2D eigenvalue weighted by Crippen LogP contribution is -2.32. The Kier molecular flexibility index (Phi) is 5.03. The third kappa shape index (κ3) is 3.72. The van der Waals surface area contributed by atoms with E-state index in [9.17, 15) is 4.79 Å². The smallest absolute Gasteiger partial charge is 0.256 e. The summed E-state index contributed by atoms with van der Waals surface area (Å²) < 4.78 is 0. The van der Waals surface area contributed by atoms with Gasteiger partial charge in [0.05, 0.1) is 41.6 Å². The van der Waals surface area contributed by atoms with Gasteiger partial charge in [0, 0.05) is 17.1 Å². The average molecular weight is 433 g/mol. The van der Waals surface area contributed by atoms with E-state index < -0.39 is 0 Å². The molecule has 1 aliphatic heterocycles. The number of likely N-dealkylation sites (tertiary alicyclic amines) is 1. The Hall–Kier alpha value is -3.45. The molecular weight excluding hydrogens is 412 g/mol. The summed E-state index contributed by atoms with van der Waals surface area (Å²) in [6, 6.07) is 13.3. The van der Waals surface area contributed by atoms with Crippen molar-refractivity contribution in [2.45, 2.75) is 25.8 Å². The summed E-state index contributed by atoms with van der Waals surface area (Å²) in [5.74, 6) is 0.742. The molecule has 1 unspecified atom stereocenters. The zero-order chi connectivity index (χ0) is 21.4. The number of halogens is 1. The molecule has 0 radical (unpaired) electrons. The Morgan fingerprint density at radius 2 is 2.00 bits per heavy atom. The normalized spacial score (nSPS) is 16.1. The van der Waals surface area contributed by atoms with Crippen molar-refractivity contribution in [3.63, 3.8) is 0 Å². The Labute approximate surface area is 184 Å². The van der Waals surface area contributed by atoms with Crippen molar-refractivity contribution in [3.8, 4) is 16.9 Å². The number of nitrogens with one attached hydrogen (secondary N) is 1. The Morgan fingerprint density at radius 3 is 2.81 bits per heavy atom. The van der Waals surface area contributed by atoms with Crippen LogP contribution in [0, 0.1) is 6.92 Å². The number of aromatic amines is 1. The van der Waals surface area contributed by atoms with E-state index in [1.54, 1.807) is 18.6 Å². The zero-order valence-corrected chi connectivity index (χ0v) is 17.8. The van der Waals surface area contributed by atoms with Gasteiger partial charge in [0.1, 0.15) is 5.82 Å². The molecule has 2 aromatic carbocycles. The number of aromatic nitrogens is 5. The molecule has 0 bridgehead atoms. The Morgan fingerprint density at radius 1 is 1.16 bits per heavy atom. The number of amides is 1. The SMILES string of the molecule is Cc1ccc(-n2nccn2)c(C(=O)N2CCCC2c2ncc(-c3cccc(Cl)c3)[nH]2)c1. The van der Waals surface area contributed by atoms with E-state index in [1.807, 2.05) is 54.3 Å². The number of carbonyl (C=O) groups is 1. The number of rotatable bonds is 4. The largest absolute Gasteiger partial charge is 0.340 e. The Balaban J connectivity index is 1.47. The summed E-state index contributed by atoms with van der Waals surface area (Å²) in [6.45, 7) is 2.65. The first kappa shape index (κ1) is 19.5. The van der Waals surface area contributed by atoms with Crippen molar-refractivity contribution in [3.05, 3.63) is 83.0 Å². The molecule has 0 spiro atoms. The van der Waals surface area contributed by atoms with E-state index in [4.69, 9.17) is 11.6 Å². The van der Waals surface area contributed by atoms with E-state index >= 15 is 0 Å². The molecule has 1 atom stereocenters. The lowest BCUT2D eigenvalue weighted by molar-refractivity contribution is 0.0730. The highest BCUT2D eigenvalue weighted by Crippen LogP contribution is 2.34. The highest BCUT2D eigenvalue weighted by molar-refractivity contribution is 6.30. The maximum Gasteiger partial charge on any atom is 0.256 e. The molecule has 156 valence electrons. The molecule has 0 saturated carbocycles. The van der Waals surface area contributed by atoms with Crippen molar-refractivity contribution >= 4 is 17.5 Å². The number of nitrogens with zero attached hydrogens (tertiary/aromatic N) is 5. The molecule has 0 aliphatic carbocycles. The lowest BCUT2D eigenvalue weighted by atomic mass is 10.1. The fourth-order valence-electron chi connectivity index (χ4n) is 4.09. The predicted octanol–water partition coefficient (Wildman–Crippen LogP) is 4.60. The number of hydrogen-bond acceptors (Lipinski definition) is 4. The van der Waals surface area contributed by atoms with Gasteiger partial charge in [0.2, 0.25) is 0 Å². The van der Waals surface area contributed by atoms with E-state index in [0.29, 0.717) is 22.8 Å². The number of carbonyl (C=O) groups excluding carboxylic acids is 1. The van der Waals surface area contributed by atoms with Crippen LogP contribution in [0.4, 0.5) is 0 Å². The van der Waals surface area contributed by atoms with Gasteiger partial charge in [-0.05, 0) is 44.0 Å². The van der Waals surface area contributed by atoms with Crippen LogP contribution < -0.4 is 0 Å². The topological polar surface area (TPSA) is 79.7 Å². The van der Waals surface area contributed by atoms with Crippen LogP contribution in [-0.4, -0.2) is 42.3 Å². The summed E-state index contributed by atoms with van der Waals surface area (Å²) in [5, 5.41) is 9.10. The minimum atomic E-state index is -0.112. The van der Waals surface area contributed by atoms with E-state index in [0.717, 1.165) is 35.5 Å². The van der Waals surface area contributed by atoms with E-state index in [1.165, 1.54) is 4.80 Å². The molecule has 1 fully saturated rings. The number of aryl methyl sites for hydroxylation is 1.